The number of hydrazine groups is 2. The molecule has 0 amide bonds. The first-order valence-corrected chi connectivity index (χ1v) is 4.30. The topological polar surface area (TPSA) is 18.5 Å². The van der Waals surface area contributed by atoms with E-state index in [-0.39, 0.29) is 0 Å². The average molecular weight is 175 g/mol. The quantitative estimate of drug-likeness (QED) is 0.701. The molecule has 3 heteroatoms. The van der Waals surface area contributed by atoms with Gasteiger partial charge in [-0.3, -0.25) is 5.01 Å². The van der Waals surface area contributed by atoms with E-state index >= 15 is 0 Å². The van der Waals surface area contributed by atoms with Crippen molar-refractivity contribution in [3.05, 3.63) is 42.2 Å². The molecule has 0 saturated carbocycles. The predicted octanol–water partition coefficient (Wildman–Crippen LogP) is 1.72. The highest BCUT2D eigenvalue weighted by molar-refractivity contribution is 5.48. The Morgan fingerprint density at radius 2 is 1.85 bits per heavy atom. The molecule has 0 saturated heterocycles. The lowest BCUT2D eigenvalue weighted by Gasteiger charge is -2.24. The zero-order valence-electron chi connectivity index (χ0n) is 7.86. The van der Waals surface area contributed by atoms with E-state index in [2.05, 4.69) is 28.8 Å². The van der Waals surface area contributed by atoms with Crippen LogP contribution in [-0.2, 0) is 0 Å². The van der Waals surface area contributed by atoms with Gasteiger partial charge in [-0.1, -0.05) is 18.2 Å². The van der Waals surface area contributed by atoms with E-state index in [9.17, 15) is 0 Å². The Morgan fingerprint density at radius 3 is 2.38 bits per heavy atom. The summed E-state index contributed by atoms with van der Waals surface area (Å²) < 4.78 is 0. The fourth-order valence-electron chi connectivity index (χ4n) is 1.44. The Labute approximate surface area is 78.2 Å². The Kier molecular flexibility index (Phi) is 1.94. The minimum atomic E-state index is 1.14. The van der Waals surface area contributed by atoms with Crippen LogP contribution in [0.3, 0.4) is 0 Å². The Morgan fingerprint density at radius 1 is 1.15 bits per heavy atom. The van der Waals surface area contributed by atoms with Gasteiger partial charge in [-0.25, -0.2) is 0 Å². The number of allylic oxidation sites excluding steroid dienone is 1. The van der Waals surface area contributed by atoms with Gasteiger partial charge in [-0.15, -0.1) is 5.12 Å². The molecule has 1 aliphatic heterocycles. The number of hydrogen-bond donors (Lipinski definition) is 1. The molecule has 0 aliphatic carbocycles. The van der Waals surface area contributed by atoms with Crippen LogP contribution in [0.15, 0.2) is 42.2 Å². The van der Waals surface area contributed by atoms with Crippen LogP contribution in [0.2, 0.25) is 0 Å². The molecule has 68 valence electrons. The SMILES string of the molecule is CC1=CN(c2ccccc2)N(C)N1. The van der Waals surface area contributed by atoms with Gasteiger partial charge in [0.1, 0.15) is 0 Å². The van der Waals surface area contributed by atoms with Crippen molar-refractivity contribution in [2.24, 2.45) is 0 Å². The molecular weight excluding hydrogens is 162 g/mol. The zero-order valence-corrected chi connectivity index (χ0v) is 7.86. The molecule has 1 aliphatic rings. The van der Waals surface area contributed by atoms with Crippen LogP contribution in [0.1, 0.15) is 6.92 Å². The molecule has 1 heterocycles. The monoisotopic (exact) mass is 175 g/mol. The van der Waals surface area contributed by atoms with Gasteiger partial charge in [0.15, 0.2) is 0 Å². The molecule has 3 nitrogen and oxygen atoms in total. The second-order valence-corrected chi connectivity index (χ2v) is 3.13. The van der Waals surface area contributed by atoms with Crippen molar-refractivity contribution in [2.45, 2.75) is 6.92 Å². The number of rotatable bonds is 1. The van der Waals surface area contributed by atoms with Gasteiger partial charge in [-0.05, 0) is 19.1 Å². The van der Waals surface area contributed by atoms with Crippen molar-refractivity contribution < 1.29 is 0 Å². The number of hydrogen-bond acceptors (Lipinski definition) is 3. The molecule has 13 heavy (non-hydrogen) atoms. The number of anilines is 1. The summed E-state index contributed by atoms with van der Waals surface area (Å²) in [6.45, 7) is 2.04. The van der Waals surface area contributed by atoms with Gasteiger partial charge in [0.25, 0.3) is 0 Å². The Hall–Kier alpha value is -1.48. The van der Waals surface area contributed by atoms with E-state index in [1.807, 2.05) is 37.3 Å². The maximum atomic E-state index is 3.19. The van der Waals surface area contributed by atoms with Gasteiger partial charge in [0.05, 0.1) is 5.69 Å². The van der Waals surface area contributed by atoms with Crippen molar-refractivity contribution >= 4 is 5.69 Å². The Bertz CT molecular complexity index is 318. The fourth-order valence-corrected chi connectivity index (χ4v) is 1.44. The summed E-state index contributed by atoms with van der Waals surface area (Å²) in [4.78, 5) is 0. The molecule has 0 spiro atoms. The van der Waals surface area contributed by atoms with Crippen LogP contribution in [0.5, 0.6) is 0 Å². The van der Waals surface area contributed by atoms with Crippen molar-refractivity contribution in [3.8, 4) is 0 Å². The van der Waals surface area contributed by atoms with Gasteiger partial charge < -0.3 is 5.43 Å². The number of nitrogens with zero attached hydrogens (tertiary/aromatic N) is 2. The third kappa shape index (κ3) is 1.51. The molecule has 2 rings (SSSR count). The summed E-state index contributed by atoms with van der Waals surface area (Å²) in [5.41, 5.74) is 5.49. The summed E-state index contributed by atoms with van der Waals surface area (Å²) in [5.74, 6) is 0. The summed E-state index contributed by atoms with van der Waals surface area (Å²) >= 11 is 0. The second kappa shape index (κ2) is 3.11. The highest BCUT2D eigenvalue weighted by Gasteiger charge is 2.15. The lowest BCUT2D eigenvalue weighted by Crippen LogP contribution is -2.38. The standard InChI is InChI=1S/C10H13N3/c1-9-8-13(12(2)11-9)10-6-4-3-5-7-10/h3-8,11H,1-2H3. The van der Waals surface area contributed by atoms with Crippen LogP contribution in [0.25, 0.3) is 0 Å². The molecule has 0 radical (unpaired) electrons. The van der Waals surface area contributed by atoms with Gasteiger partial charge in [-0.2, -0.15) is 0 Å². The smallest absolute Gasteiger partial charge is 0.0591 e. The fraction of sp³-hybridized carbons (Fsp3) is 0.200. The second-order valence-electron chi connectivity index (χ2n) is 3.13. The molecule has 0 atom stereocenters. The largest absolute Gasteiger partial charge is 0.304 e. The lowest BCUT2D eigenvalue weighted by molar-refractivity contribution is 0.294. The lowest BCUT2D eigenvalue weighted by atomic mass is 10.3. The van der Waals surface area contributed by atoms with Gasteiger partial charge in [0.2, 0.25) is 0 Å². The highest BCUT2D eigenvalue weighted by atomic mass is 15.8. The molecule has 0 aromatic heterocycles. The van der Waals surface area contributed by atoms with E-state index in [1.54, 1.807) is 0 Å². The number of benzene rings is 1. The molecule has 1 aromatic rings. The van der Waals surface area contributed by atoms with Crippen LogP contribution >= 0.6 is 0 Å². The van der Waals surface area contributed by atoms with Crippen molar-refractivity contribution in [1.29, 1.82) is 0 Å². The van der Waals surface area contributed by atoms with Crippen molar-refractivity contribution in [2.75, 3.05) is 12.1 Å². The predicted molar refractivity (Wildman–Crippen MR) is 53.6 cm³/mol. The normalized spacial score (nSPS) is 17.1. The molecule has 1 aromatic carbocycles. The maximum Gasteiger partial charge on any atom is 0.0591 e. The summed E-state index contributed by atoms with van der Waals surface area (Å²) in [6, 6.07) is 10.2. The van der Waals surface area contributed by atoms with Crippen LogP contribution in [0.4, 0.5) is 5.69 Å². The number of nitrogens with one attached hydrogen (secondary N) is 1. The van der Waals surface area contributed by atoms with E-state index in [4.69, 9.17) is 0 Å². The van der Waals surface area contributed by atoms with Crippen LogP contribution in [0, 0.1) is 0 Å². The maximum absolute atomic E-state index is 3.19. The van der Waals surface area contributed by atoms with E-state index in [0.717, 1.165) is 11.4 Å². The van der Waals surface area contributed by atoms with E-state index in [1.165, 1.54) is 0 Å². The van der Waals surface area contributed by atoms with Crippen LogP contribution in [-0.4, -0.2) is 12.2 Å². The average Bonchev–Trinajstić information content (AvgIpc) is 2.47. The molecule has 1 N–H and O–H groups in total. The molecular formula is C10H13N3. The first-order chi connectivity index (χ1) is 6.27. The third-order valence-electron chi connectivity index (χ3n) is 2.00. The molecule has 0 unspecified atom stereocenters. The Balaban J connectivity index is 2.27. The minimum absolute atomic E-state index is 1.14. The van der Waals surface area contributed by atoms with Crippen LogP contribution < -0.4 is 10.4 Å². The zero-order chi connectivity index (χ0) is 9.26. The third-order valence-corrected chi connectivity index (χ3v) is 2.00. The number of para-hydroxylation sites is 1. The summed E-state index contributed by atoms with van der Waals surface area (Å²) in [6.07, 6.45) is 2.06. The summed E-state index contributed by atoms with van der Waals surface area (Å²) in [7, 11) is 1.99. The molecule has 0 fully saturated rings. The van der Waals surface area contributed by atoms with E-state index in [0.29, 0.717) is 0 Å². The minimum Gasteiger partial charge on any atom is -0.304 e. The summed E-state index contributed by atoms with van der Waals surface area (Å²) in [5, 5.41) is 4.01. The van der Waals surface area contributed by atoms with Gasteiger partial charge >= 0.3 is 0 Å². The van der Waals surface area contributed by atoms with Gasteiger partial charge in [0, 0.05) is 18.9 Å². The van der Waals surface area contributed by atoms with Crippen molar-refractivity contribution in [1.82, 2.24) is 10.5 Å². The van der Waals surface area contributed by atoms with E-state index < -0.39 is 0 Å². The first-order valence-electron chi connectivity index (χ1n) is 4.30. The highest BCUT2D eigenvalue weighted by Crippen LogP contribution is 2.18. The van der Waals surface area contributed by atoms with Crippen molar-refractivity contribution in [3.63, 3.8) is 0 Å². The first kappa shape index (κ1) is 8.13. The molecule has 0 bridgehead atoms.